The van der Waals surface area contributed by atoms with Gasteiger partial charge in [0.2, 0.25) is 11.8 Å². The van der Waals surface area contributed by atoms with E-state index in [2.05, 4.69) is 15.3 Å². The van der Waals surface area contributed by atoms with Crippen molar-refractivity contribution in [1.29, 1.82) is 0 Å². The minimum Gasteiger partial charge on any atom is -0.465 e. The Morgan fingerprint density at radius 3 is 1.71 bits per heavy atom. The number of pyridine rings is 2. The van der Waals surface area contributed by atoms with Gasteiger partial charge in [0.1, 0.15) is 24.6 Å². The van der Waals surface area contributed by atoms with Gasteiger partial charge in [-0.15, -0.1) is 0 Å². The van der Waals surface area contributed by atoms with E-state index in [0.29, 0.717) is 63.5 Å². The van der Waals surface area contributed by atoms with Gasteiger partial charge in [-0.2, -0.15) is 0 Å². The number of hydrogen-bond donors (Lipinski definition) is 2. The van der Waals surface area contributed by atoms with Crippen LogP contribution in [0.4, 0.5) is 11.4 Å². The molecule has 0 aliphatic carbocycles. The first-order valence-corrected chi connectivity index (χ1v) is 18.1. The van der Waals surface area contributed by atoms with Crippen molar-refractivity contribution in [3.05, 3.63) is 131 Å². The van der Waals surface area contributed by atoms with Crippen molar-refractivity contribution in [2.45, 2.75) is 26.9 Å². The fourth-order valence-corrected chi connectivity index (χ4v) is 5.87. The van der Waals surface area contributed by atoms with Gasteiger partial charge in [-0.25, -0.2) is 9.97 Å². The van der Waals surface area contributed by atoms with E-state index in [1.807, 2.05) is 65.5 Å². The normalized spacial score (nSPS) is 10.7. The molecule has 0 unspecified atom stereocenters. The van der Waals surface area contributed by atoms with E-state index in [1.165, 1.54) is 12.3 Å². The quantitative estimate of drug-likeness (QED) is 0.114. The average Bonchev–Trinajstić information content (AvgIpc) is 3.80. The fraction of sp³-hybridized carbons (Fsp3) is 0.146. The van der Waals surface area contributed by atoms with E-state index in [9.17, 15) is 14.4 Å². The summed E-state index contributed by atoms with van der Waals surface area (Å²) in [7, 11) is 0. The molecule has 0 radical (unpaired) electrons. The van der Waals surface area contributed by atoms with E-state index >= 15 is 0 Å². The Morgan fingerprint density at radius 2 is 1.23 bits per heavy atom. The first kappa shape index (κ1) is 39.1. The summed E-state index contributed by atoms with van der Waals surface area (Å²) >= 11 is 11.9. The smallest absolute Gasteiger partial charge is 0.325 e. The van der Waals surface area contributed by atoms with Crippen LogP contribution in [0.3, 0.4) is 0 Å². The maximum Gasteiger partial charge on any atom is 0.325 e. The van der Waals surface area contributed by atoms with E-state index in [4.69, 9.17) is 47.9 Å². The Hall–Kier alpha value is -6.57. The summed E-state index contributed by atoms with van der Waals surface area (Å²) in [4.78, 5) is 44.3. The summed E-state index contributed by atoms with van der Waals surface area (Å²) in [6, 6.07) is 26.4. The Kier molecular flexibility index (Phi) is 12.7. The molecule has 3 N–H and O–H groups in total. The van der Waals surface area contributed by atoms with Crippen LogP contribution in [-0.2, 0) is 32.2 Å². The predicted octanol–water partition coefficient (Wildman–Crippen LogP) is 8.92. The van der Waals surface area contributed by atoms with Crippen LogP contribution in [0.25, 0.3) is 21.8 Å². The van der Waals surface area contributed by atoms with Crippen molar-refractivity contribution in [3.63, 3.8) is 0 Å². The number of nitrogens with zero attached hydrogens (tertiary/aromatic N) is 4. The van der Waals surface area contributed by atoms with Crippen LogP contribution in [-0.4, -0.2) is 50.2 Å². The van der Waals surface area contributed by atoms with Crippen LogP contribution in [0.5, 0.6) is 23.3 Å². The Labute approximate surface area is 331 Å². The van der Waals surface area contributed by atoms with Gasteiger partial charge >= 0.3 is 11.9 Å². The molecule has 13 nitrogen and oxygen atoms in total. The third-order valence-corrected chi connectivity index (χ3v) is 8.86. The number of amides is 1. The van der Waals surface area contributed by atoms with Gasteiger partial charge in [0, 0.05) is 40.9 Å². The number of fused-ring (bicyclic) bond motifs is 2. The van der Waals surface area contributed by atoms with Gasteiger partial charge in [0.25, 0.3) is 5.91 Å². The molecule has 4 aromatic heterocycles. The standard InChI is InChI=1S/C24H19Cl2N3O4.C17H17N3O3/c1-2-32-23(30)14-29-11-10-17-20(29)4-3-5-21(17)33-22-9-7-16(13-27-22)28-24(31)15-6-8-18(25)19(26)12-15;1-2-22-17(21)11-20-9-8-13-14(20)4-3-5-15(13)23-16-7-6-12(18)10-19-16/h3-13H,2,14H2,1H3,(H,28,31);3-10H,2,11,18H2,1H3. The SMILES string of the molecule is CCOC(=O)Cn1ccc2c(Oc3ccc(N)cn3)cccc21.CCOC(=O)Cn1ccc2c(Oc3ccc(NC(=O)c4ccc(Cl)c(Cl)c4)cn3)cccc21. The monoisotopic (exact) mass is 794 g/mol. The topological polar surface area (TPSA) is 162 Å². The summed E-state index contributed by atoms with van der Waals surface area (Å²) in [5.74, 6) is 1.17. The van der Waals surface area contributed by atoms with Gasteiger partial charge in [-0.05, 0) is 80.6 Å². The zero-order valence-corrected chi connectivity index (χ0v) is 31.8. The van der Waals surface area contributed by atoms with Gasteiger partial charge in [-0.1, -0.05) is 35.3 Å². The molecule has 0 aliphatic heterocycles. The van der Waals surface area contributed by atoms with E-state index < -0.39 is 0 Å². The summed E-state index contributed by atoms with van der Waals surface area (Å²) in [5, 5.41) is 5.16. The number of nitrogens with two attached hydrogens (primary N) is 1. The molecule has 0 fully saturated rings. The molecule has 56 heavy (non-hydrogen) atoms. The molecule has 0 atom stereocenters. The third-order valence-electron chi connectivity index (χ3n) is 8.12. The number of aromatic nitrogens is 4. The predicted molar refractivity (Wildman–Crippen MR) is 215 cm³/mol. The molecule has 286 valence electrons. The third kappa shape index (κ3) is 9.75. The lowest BCUT2D eigenvalue weighted by molar-refractivity contribution is -0.144. The second kappa shape index (κ2) is 18.2. The number of rotatable bonds is 12. The lowest BCUT2D eigenvalue weighted by atomic mass is 10.2. The zero-order valence-electron chi connectivity index (χ0n) is 30.3. The first-order valence-electron chi connectivity index (χ1n) is 17.4. The summed E-state index contributed by atoms with van der Waals surface area (Å²) < 4.78 is 25.4. The molecule has 0 aliphatic rings. The summed E-state index contributed by atoms with van der Waals surface area (Å²) in [6.07, 6.45) is 6.69. The molecule has 15 heteroatoms. The number of nitrogens with one attached hydrogen (secondary N) is 1. The van der Waals surface area contributed by atoms with Crippen molar-refractivity contribution in [2.24, 2.45) is 0 Å². The minimum absolute atomic E-state index is 0.117. The van der Waals surface area contributed by atoms with Crippen molar-refractivity contribution in [2.75, 3.05) is 24.3 Å². The molecular formula is C41H36Cl2N6O7. The second-order valence-electron chi connectivity index (χ2n) is 12.0. The first-order chi connectivity index (χ1) is 27.1. The molecule has 7 aromatic rings. The number of esters is 2. The number of hydrogen-bond acceptors (Lipinski definition) is 10. The van der Waals surface area contributed by atoms with E-state index in [0.717, 1.165) is 21.8 Å². The Bertz CT molecular complexity index is 2480. The van der Waals surface area contributed by atoms with Crippen LogP contribution in [0.1, 0.15) is 24.2 Å². The van der Waals surface area contributed by atoms with Crippen LogP contribution in [0, 0.1) is 0 Å². The summed E-state index contributed by atoms with van der Waals surface area (Å²) in [5.41, 5.74) is 8.81. The highest BCUT2D eigenvalue weighted by atomic mass is 35.5. The van der Waals surface area contributed by atoms with Gasteiger partial charge in [0.15, 0.2) is 0 Å². The van der Waals surface area contributed by atoms with Crippen LogP contribution >= 0.6 is 23.2 Å². The Balaban J connectivity index is 0.000000202. The highest BCUT2D eigenvalue weighted by molar-refractivity contribution is 6.42. The molecule has 0 spiro atoms. The molecule has 0 saturated carbocycles. The number of carbonyl (C=O) groups excluding carboxylic acids is 3. The molecule has 3 aromatic carbocycles. The van der Waals surface area contributed by atoms with Gasteiger partial charge in [0.05, 0.1) is 58.1 Å². The number of anilines is 2. The number of nitrogen functional groups attached to an aromatic ring is 1. The van der Waals surface area contributed by atoms with Gasteiger partial charge < -0.3 is 39.1 Å². The number of benzene rings is 3. The maximum absolute atomic E-state index is 12.4. The number of carbonyl (C=O) groups is 3. The van der Waals surface area contributed by atoms with Crippen LogP contribution in [0.2, 0.25) is 10.0 Å². The highest BCUT2D eigenvalue weighted by Crippen LogP contribution is 2.32. The lowest BCUT2D eigenvalue weighted by Gasteiger charge is -2.09. The van der Waals surface area contributed by atoms with E-state index in [1.54, 1.807) is 61.0 Å². The molecule has 1 amide bonds. The molecule has 0 bridgehead atoms. The lowest BCUT2D eigenvalue weighted by Crippen LogP contribution is -2.12. The largest absolute Gasteiger partial charge is 0.465 e. The van der Waals surface area contributed by atoms with Crippen molar-refractivity contribution in [1.82, 2.24) is 19.1 Å². The van der Waals surface area contributed by atoms with Crippen molar-refractivity contribution < 1.29 is 33.3 Å². The average molecular weight is 796 g/mol. The second-order valence-corrected chi connectivity index (χ2v) is 12.8. The minimum atomic E-state index is -0.336. The summed E-state index contributed by atoms with van der Waals surface area (Å²) in [6.45, 7) is 4.55. The Morgan fingerprint density at radius 1 is 0.679 bits per heavy atom. The van der Waals surface area contributed by atoms with Crippen molar-refractivity contribution >= 4 is 74.2 Å². The molecular weight excluding hydrogens is 759 g/mol. The zero-order chi connectivity index (χ0) is 39.6. The number of halogens is 2. The molecule has 7 rings (SSSR count). The molecule has 0 saturated heterocycles. The van der Waals surface area contributed by atoms with E-state index in [-0.39, 0.29) is 30.9 Å². The fourth-order valence-electron chi connectivity index (χ4n) is 5.57. The maximum atomic E-state index is 12.4. The van der Waals surface area contributed by atoms with Crippen LogP contribution < -0.4 is 20.5 Å². The van der Waals surface area contributed by atoms with Crippen LogP contribution in [0.15, 0.2) is 116 Å². The van der Waals surface area contributed by atoms with Gasteiger partial charge in [-0.3, -0.25) is 14.4 Å². The molecule has 4 heterocycles. The number of ether oxygens (including phenoxy) is 4. The van der Waals surface area contributed by atoms with Crippen molar-refractivity contribution in [3.8, 4) is 23.3 Å². The highest BCUT2D eigenvalue weighted by Gasteiger charge is 2.14.